The van der Waals surface area contributed by atoms with Gasteiger partial charge in [-0.2, -0.15) is 0 Å². The van der Waals surface area contributed by atoms with Crippen LogP contribution < -0.4 is 10.0 Å². The van der Waals surface area contributed by atoms with E-state index in [0.717, 1.165) is 18.9 Å². The van der Waals surface area contributed by atoms with E-state index in [1.54, 1.807) is 0 Å². The first-order valence-corrected chi connectivity index (χ1v) is 9.48. The number of hydrogen-bond acceptors (Lipinski definition) is 6. The summed E-state index contributed by atoms with van der Waals surface area (Å²) in [4.78, 5) is 22.8. The maximum absolute atomic E-state index is 12.4. The number of nitrogens with one attached hydrogen (secondary N) is 2. The Labute approximate surface area is 150 Å². The van der Waals surface area contributed by atoms with Crippen molar-refractivity contribution < 1.29 is 27.5 Å². The number of amides is 1. The highest BCUT2D eigenvalue weighted by Gasteiger charge is 2.23. The average molecular weight is 391 g/mol. The Morgan fingerprint density at radius 2 is 2.16 bits per heavy atom. The summed E-state index contributed by atoms with van der Waals surface area (Å²) >= 11 is 5.96. The third-order valence-corrected chi connectivity index (χ3v) is 5.50. The maximum Gasteiger partial charge on any atom is 0.338 e. The van der Waals surface area contributed by atoms with Crippen LogP contribution in [0.25, 0.3) is 0 Å². The van der Waals surface area contributed by atoms with E-state index in [-0.39, 0.29) is 28.1 Å². The van der Waals surface area contributed by atoms with Gasteiger partial charge in [0.2, 0.25) is 10.0 Å². The van der Waals surface area contributed by atoms with Crippen molar-refractivity contribution in [1.29, 1.82) is 0 Å². The Balaban J connectivity index is 2.11. The summed E-state index contributed by atoms with van der Waals surface area (Å²) in [7, 11) is -2.51. The molecule has 138 valence electrons. The van der Waals surface area contributed by atoms with Crippen LogP contribution in [-0.4, -0.2) is 53.2 Å². The molecule has 8 nitrogen and oxygen atoms in total. The number of sulfonamides is 1. The van der Waals surface area contributed by atoms with Crippen LogP contribution >= 0.6 is 11.6 Å². The topological polar surface area (TPSA) is 111 Å². The summed E-state index contributed by atoms with van der Waals surface area (Å²) in [6, 6.07) is 3.73. The highest BCUT2D eigenvalue weighted by Crippen LogP contribution is 2.23. The summed E-state index contributed by atoms with van der Waals surface area (Å²) < 4.78 is 37.5. The standard InChI is InChI=1S/C15H19ClN2O6S/c1-17-14(19)9-24-15(20)10-4-5-12(16)13(7-10)25(21,22)18-8-11-3-2-6-23-11/h4-5,7,11,18H,2-3,6,8-9H2,1H3,(H,17,19)/t11-/m0/s1. The SMILES string of the molecule is CNC(=O)COC(=O)c1ccc(Cl)c(S(=O)(=O)NC[C@@H]2CCCO2)c1. The molecule has 0 aliphatic carbocycles. The van der Waals surface area contributed by atoms with Gasteiger partial charge in [-0.25, -0.2) is 17.9 Å². The minimum atomic E-state index is -3.92. The molecule has 1 saturated heterocycles. The van der Waals surface area contributed by atoms with Crippen molar-refractivity contribution in [3.8, 4) is 0 Å². The average Bonchev–Trinajstić information content (AvgIpc) is 3.11. The molecule has 1 aromatic rings. The first kappa shape index (κ1) is 19.6. The van der Waals surface area contributed by atoms with Crippen molar-refractivity contribution in [3.05, 3.63) is 28.8 Å². The molecule has 0 aromatic heterocycles. The minimum Gasteiger partial charge on any atom is -0.452 e. The second-order valence-electron chi connectivity index (χ2n) is 5.38. The molecule has 1 heterocycles. The highest BCUT2D eigenvalue weighted by molar-refractivity contribution is 7.89. The van der Waals surface area contributed by atoms with Crippen LogP contribution in [0.3, 0.4) is 0 Å². The van der Waals surface area contributed by atoms with Crippen LogP contribution in [0.2, 0.25) is 5.02 Å². The maximum atomic E-state index is 12.4. The molecule has 0 spiro atoms. The molecule has 1 fully saturated rings. The summed E-state index contributed by atoms with van der Waals surface area (Å²) in [5.41, 5.74) is -0.0224. The van der Waals surface area contributed by atoms with E-state index in [1.165, 1.54) is 19.2 Å². The van der Waals surface area contributed by atoms with Gasteiger partial charge in [-0.1, -0.05) is 11.6 Å². The number of hydrogen-bond donors (Lipinski definition) is 2. The quantitative estimate of drug-likeness (QED) is 0.663. The Bertz CT molecular complexity index is 746. The molecule has 2 rings (SSSR count). The Kier molecular flexibility index (Phi) is 6.77. The minimum absolute atomic E-state index is 0.0224. The fourth-order valence-corrected chi connectivity index (χ4v) is 3.80. The number of carbonyl (C=O) groups excluding carboxylic acids is 2. The van der Waals surface area contributed by atoms with E-state index in [0.29, 0.717) is 6.61 Å². The zero-order valence-corrected chi connectivity index (χ0v) is 15.2. The van der Waals surface area contributed by atoms with E-state index in [2.05, 4.69) is 10.0 Å². The van der Waals surface area contributed by atoms with Gasteiger partial charge in [-0.05, 0) is 31.0 Å². The molecular weight excluding hydrogens is 372 g/mol. The predicted octanol–water partition coefficient (Wildman–Crippen LogP) is 0.700. The van der Waals surface area contributed by atoms with Gasteiger partial charge in [-0.3, -0.25) is 4.79 Å². The van der Waals surface area contributed by atoms with Crippen LogP contribution in [-0.2, 0) is 24.3 Å². The van der Waals surface area contributed by atoms with Crippen LogP contribution in [0.15, 0.2) is 23.1 Å². The molecule has 0 radical (unpaired) electrons. The fourth-order valence-electron chi connectivity index (χ4n) is 2.21. The van der Waals surface area contributed by atoms with Gasteiger partial charge >= 0.3 is 5.97 Å². The van der Waals surface area contributed by atoms with Crippen molar-refractivity contribution in [2.75, 3.05) is 26.8 Å². The van der Waals surface area contributed by atoms with Crippen molar-refractivity contribution >= 4 is 33.5 Å². The highest BCUT2D eigenvalue weighted by atomic mass is 35.5. The normalized spacial score (nSPS) is 17.3. The molecule has 0 saturated carbocycles. The third kappa shape index (κ3) is 5.40. The number of carbonyl (C=O) groups is 2. The first-order chi connectivity index (χ1) is 11.8. The van der Waals surface area contributed by atoms with E-state index in [9.17, 15) is 18.0 Å². The number of ether oxygens (including phenoxy) is 2. The van der Waals surface area contributed by atoms with Gasteiger partial charge in [0.05, 0.1) is 16.7 Å². The Morgan fingerprint density at radius 3 is 2.80 bits per heavy atom. The van der Waals surface area contributed by atoms with E-state index >= 15 is 0 Å². The number of rotatable bonds is 7. The van der Waals surface area contributed by atoms with Gasteiger partial charge < -0.3 is 14.8 Å². The molecule has 2 N–H and O–H groups in total. The summed E-state index contributed by atoms with van der Waals surface area (Å²) in [6.45, 7) is 0.279. The van der Waals surface area contributed by atoms with Crippen molar-refractivity contribution in [2.45, 2.75) is 23.8 Å². The zero-order valence-electron chi connectivity index (χ0n) is 13.6. The lowest BCUT2D eigenvalue weighted by Crippen LogP contribution is -2.32. The lowest BCUT2D eigenvalue weighted by atomic mass is 10.2. The monoisotopic (exact) mass is 390 g/mol. The largest absolute Gasteiger partial charge is 0.452 e. The van der Waals surface area contributed by atoms with Gasteiger partial charge in [0.15, 0.2) is 6.61 Å². The zero-order chi connectivity index (χ0) is 18.4. The summed E-state index contributed by atoms with van der Waals surface area (Å²) in [5, 5.41) is 2.28. The smallest absolute Gasteiger partial charge is 0.338 e. The molecule has 0 bridgehead atoms. The molecule has 1 aliphatic heterocycles. The second kappa shape index (κ2) is 8.61. The van der Waals surface area contributed by atoms with Gasteiger partial charge in [0.25, 0.3) is 5.91 Å². The van der Waals surface area contributed by atoms with Crippen LogP contribution in [0, 0.1) is 0 Å². The Hall–Kier alpha value is -1.68. The van der Waals surface area contributed by atoms with Crippen molar-refractivity contribution in [2.24, 2.45) is 0 Å². The lowest BCUT2D eigenvalue weighted by molar-refractivity contribution is -0.123. The molecule has 1 aromatic carbocycles. The van der Waals surface area contributed by atoms with Gasteiger partial charge in [-0.15, -0.1) is 0 Å². The number of esters is 1. The first-order valence-electron chi connectivity index (χ1n) is 7.62. The molecule has 25 heavy (non-hydrogen) atoms. The number of benzene rings is 1. The Morgan fingerprint density at radius 1 is 1.40 bits per heavy atom. The number of likely N-dealkylation sites (N-methyl/N-ethyl adjacent to an activating group) is 1. The molecular formula is C15H19ClN2O6S. The predicted molar refractivity (Wildman–Crippen MR) is 90.0 cm³/mol. The van der Waals surface area contributed by atoms with Crippen molar-refractivity contribution in [3.63, 3.8) is 0 Å². The third-order valence-electron chi connectivity index (χ3n) is 3.59. The summed E-state index contributed by atoms with van der Waals surface area (Å²) in [5.74, 6) is -1.30. The summed E-state index contributed by atoms with van der Waals surface area (Å²) in [6.07, 6.45) is 1.50. The molecule has 1 atom stereocenters. The van der Waals surface area contributed by atoms with Crippen molar-refractivity contribution in [1.82, 2.24) is 10.0 Å². The second-order valence-corrected chi connectivity index (χ2v) is 7.52. The number of halogens is 1. The van der Waals surface area contributed by atoms with Gasteiger partial charge in [0, 0.05) is 20.2 Å². The lowest BCUT2D eigenvalue weighted by Gasteiger charge is -2.13. The fraction of sp³-hybridized carbons (Fsp3) is 0.467. The van der Waals surface area contributed by atoms with E-state index < -0.39 is 28.5 Å². The molecule has 0 unspecified atom stereocenters. The van der Waals surface area contributed by atoms with Crippen LogP contribution in [0.1, 0.15) is 23.2 Å². The van der Waals surface area contributed by atoms with Crippen LogP contribution in [0.4, 0.5) is 0 Å². The molecule has 1 aliphatic rings. The van der Waals surface area contributed by atoms with Crippen LogP contribution in [0.5, 0.6) is 0 Å². The van der Waals surface area contributed by atoms with Gasteiger partial charge in [0.1, 0.15) is 4.90 Å². The molecule has 10 heteroatoms. The molecule has 1 amide bonds. The van der Waals surface area contributed by atoms with E-state index in [4.69, 9.17) is 21.1 Å². The van der Waals surface area contributed by atoms with E-state index in [1.807, 2.05) is 0 Å².